The highest BCUT2D eigenvalue weighted by Gasteiger charge is 2.22. The molecule has 0 aliphatic carbocycles. The van der Waals surface area contributed by atoms with E-state index in [-0.39, 0.29) is 12.5 Å². The molecule has 1 amide bonds. The van der Waals surface area contributed by atoms with E-state index in [9.17, 15) is 4.79 Å². The largest absolute Gasteiger partial charge is 0.454 e. The quantitative estimate of drug-likeness (QED) is 0.806. The molecule has 2 aliphatic heterocycles. The molecule has 0 bridgehead atoms. The second kappa shape index (κ2) is 6.48. The van der Waals surface area contributed by atoms with Crippen molar-refractivity contribution in [3.8, 4) is 11.5 Å². The van der Waals surface area contributed by atoms with Crippen LogP contribution in [0, 0.1) is 0 Å². The third-order valence-electron chi connectivity index (χ3n) is 4.34. The molecule has 0 spiro atoms. The average Bonchev–Trinajstić information content (AvgIpc) is 3.26. The van der Waals surface area contributed by atoms with Crippen LogP contribution in [-0.4, -0.2) is 63.7 Å². The fourth-order valence-corrected chi connectivity index (χ4v) is 3.01. The SMILES string of the molecule is O=C(Cn1ccnn1)N1CCN(Cc2ccc3c(c2)OCO3)CC1. The van der Waals surface area contributed by atoms with E-state index in [0.717, 1.165) is 44.2 Å². The number of hydrogen-bond acceptors (Lipinski definition) is 6. The number of nitrogens with zero attached hydrogens (tertiary/aromatic N) is 5. The molecule has 1 saturated heterocycles. The molecule has 3 heterocycles. The zero-order chi connectivity index (χ0) is 16.4. The van der Waals surface area contributed by atoms with Crippen LogP contribution < -0.4 is 9.47 Å². The van der Waals surface area contributed by atoms with E-state index >= 15 is 0 Å². The van der Waals surface area contributed by atoms with Gasteiger partial charge in [0, 0.05) is 38.9 Å². The predicted molar refractivity (Wildman–Crippen MR) is 84.4 cm³/mol. The zero-order valence-electron chi connectivity index (χ0n) is 13.3. The summed E-state index contributed by atoms with van der Waals surface area (Å²) in [5.74, 6) is 1.71. The van der Waals surface area contributed by atoms with Crippen molar-refractivity contribution in [2.24, 2.45) is 0 Å². The number of carbonyl (C=O) groups is 1. The molecule has 126 valence electrons. The molecule has 24 heavy (non-hydrogen) atoms. The van der Waals surface area contributed by atoms with Crippen molar-refractivity contribution >= 4 is 5.91 Å². The van der Waals surface area contributed by atoms with Crippen molar-refractivity contribution in [2.45, 2.75) is 13.1 Å². The van der Waals surface area contributed by atoms with E-state index in [0.29, 0.717) is 6.79 Å². The van der Waals surface area contributed by atoms with E-state index in [4.69, 9.17) is 9.47 Å². The molecule has 1 aromatic heterocycles. The summed E-state index contributed by atoms with van der Waals surface area (Å²) < 4.78 is 12.3. The van der Waals surface area contributed by atoms with Crippen LogP contribution in [0.15, 0.2) is 30.6 Å². The van der Waals surface area contributed by atoms with Crippen molar-refractivity contribution in [2.75, 3.05) is 33.0 Å². The van der Waals surface area contributed by atoms with Crippen LogP contribution in [0.25, 0.3) is 0 Å². The van der Waals surface area contributed by atoms with Crippen LogP contribution in [-0.2, 0) is 17.9 Å². The minimum absolute atomic E-state index is 0.0863. The van der Waals surface area contributed by atoms with E-state index in [1.165, 1.54) is 5.56 Å². The van der Waals surface area contributed by atoms with Gasteiger partial charge in [0.05, 0.1) is 6.20 Å². The molecule has 0 unspecified atom stereocenters. The maximum atomic E-state index is 12.2. The summed E-state index contributed by atoms with van der Waals surface area (Å²) in [7, 11) is 0. The van der Waals surface area contributed by atoms with E-state index in [1.807, 2.05) is 17.0 Å². The number of carbonyl (C=O) groups excluding carboxylic acids is 1. The highest BCUT2D eigenvalue weighted by Crippen LogP contribution is 2.32. The average molecular weight is 329 g/mol. The zero-order valence-corrected chi connectivity index (χ0v) is 13.3. The lowest BCUT2D eigenvalue weighted by Crippen LogP contribution is -2.49. The maximum absolute atomic E-state index is 12.2. The predicted octanol–water partition coefficient (Wildman–Crippen LogP) is 0.351. The van der Waals surface area contributed by atoms with Gasteiger partial charge in [0.25, 0.3) is 0 Å². The minimum Gasteiger partial charge on any atom is -0.454 e. The molecule has 0 radical (unpaired) electrons. The molecule has 0 saturated carbocycles. The van der Waals surface area contributed by atoms with Gasteiger partial charge < -0.3 is 14.4 Å². The number of fused-ring (bicyclic) bond motifs is 1. The number of piperazine rings is 1. The van der Waals surface area contributed by atoms with Crippen LogP contribution >= 0.6 is 0 Å². The summed E-state index contributed by atoms with van der Waals surface area (Å²) in [6.07, 6.45) is 3.28. The van der Waals surface area contributed by atoms with Gasteiger partial charge in [-0.3, -0.25) is 9.69 Å². The standard InChI is InChI=1S/C16H19N5O3/c22-16(11-21-4-3-17-18-21)20-7-5-19(6-8-20)10-13-1-2-14-15(9-13)24-12-23-14/h1-4,9H,5-8,10-12H2. The van der Waals surface area contributed by atoms with E-state index in [1.54, 1.807) is 17.1 Å². The smallest absolute Gasteiger partial charge is 0.244 e. The third-order valence-corrected chi connectivity index (χ3v) is 4.34. The van der Waals surface area contributed by atoms with Crippen LogP contribution in [0.4, 0.5) is 0 Å². The van der Waals surface area contributed by atoms with Crippen molar-refractivity contribution in [3.63, 3.8) is 0 Å². The first-order valence-electron chi connectivity index (χ1n) is 8.01. The first-order chi connectivity index (χ1) is 11.8. The van der Waals surface area contributed by atoms with E-state index < -0.39 is 0 Å². The molecular weight excluding hydrogens is 310 g/mol. The van der Waals surface area contributed by atoms with Crippen LogP contribution in [0.5, 0.6) is 11.5 Å². The number of amides is 1. The van der Waals surface area contributed by atoms with Gasteiger partial charge in [0.15, 0.2) is 11.5 Å². The lowest BCUT2D eigenvalue weighted by Gasteiger charge is -2.34. The van der Waals surface area contributed by atoms with Crippen molar-refractivity contribution in [1.82, 2.24) is 24.8 Å². The van der Waals surface area contributed by atoms with Crippen LogP contribution in [0.1, 0.15) is 5.56 Å². The lowest BCUT2D eigenvalue weighted by molar-refractivity contribution is -0.133. The van der Waals surface area contributed by atoms with Gasteiger partial charge in [-0.1, -0.05) is 11.3 Å². The topological polar surface area (TPSA) is 72.7 Å². The number of ether oxygens (including phenoxy) is 2. The van der Waals surface area contributed by atoms with Gasteiger partial charge in [0.1, 0.15) is 6.54 Å². The Hall–Kier alpha value is -2.61. The van der Waals surface area contributed by atoms with Gasteiger partial charge in [-0.05, 0) is 17.7 Å². The van der Waals surface area contributed by atoms with Crippen molar-refractivity contribution in [3.05, 3.63) is 36.2 Å². The highest BCUT2D eigenvalue weighted by atomic mass is 16.7. The number of benzene rings is 1. The molecule has 4 rings (SSSR count). The number of aromatic nitrogens is 3. The van der Waals surface area contributed by atoms with Gasteiger partial charge in [-0.2, -0.15) is 0 Å². The maximum Gasteiger partial charge on any atom is 0.244 e. The molecular formula is C16H19N5O3. The number of rotatable bonds is 4. The minimum atomic E-state index is 0.0863. The fraction of sp³-hybridized carbons (Fsp3) is 0.438. The van der Waals surface area contributed by atoms with Gasteiger partial charge in [-0.15, -0.1) is 5.10 Å². The second-order valence-corrected chi connectivity index (χ2v) is 5.95. The summed E-state index contributed by atoms with van der Waals surface area (Å²) in [5.41, 5.74) is 1.20. The normalized spacial score (nSPS) is 17.2. The second-order valence-electron chi connectivity index (χ2n) is 5.95. The molecule has 2 aliphatic rings. The van der Waals surface area contributed by atoms with Gasteiger partial charge >= 0.3 is 0 Å². The summed E-state index contributed by atoms with van der Waals surface area (Å²) in [6, 6.07) is 6.05. The van der Waals surface area contributed by atoms with Crippen LogP contribution in [0.2, 0.25) is 0 Å². The first kappa shape index (κ1) is 14.9. The summed E-state index contributed by atoms with van der Waals surface area (Å²) in [6.45, 7) is 4.58. The summed E-state index contributed by atoms with van der Waals surface area (Å²) in [5, 5.41) is 7.56. The van der Waals surface area contributed by atoms with Crippen LogP contribution in [0.3, 0.4) is 0 Å². The Bertz CT molecular complexity index is 711. The van der Waals surface area contributed by atoms with Gasteiger partial charge in [0.2, 0.25) is 12.7 Å². The van der Waals surface area contributed by atoms with Crippen molar-refractivity contribution in [1.29, 1.82) is 0 Å². The molecule has 2 aromatic rings. The first-order valence-corrected chi connectivity index (χ1v) is 8.01. The Morgan fingerprint density at radius 1 is 1.12 bits per heavy atom. The molecule has 8 heteroatoms. The highest BCUT2D eigenvalue weighted by molar-refractivity contribution is 5.76. The molecule has 0 N–H and O–H groups in total. The Balaban J connectivity index is 1.29. The number of hydrogen-bond donors (Lipinski definition) is 0. The summed E-state index contributed by atoms with van der Waals surface area (Å²) in [4.78, 5) is 16.5. The molecule has 1 aromatic carbocycles. The Kier molecular flexibility index (Phi) is 4.04. The third kappa shape index (κ3) is 3.18. The van der Waals surface area contributed by atoms with E-state index in [2.05, 4.69) is 21.3 Å². The Labute approximate surface area is 139 Å². The Morgan fingerprint density at radius 3 is 2.75 bits per heavy atom. The van der Waals surface area contributed by atoms with Gasteiger partial charge in [-0.25, -0.2) is 4.68 Å². The van der Waals surface area contributed by atoms with Crippen molar-refractivity contribution < 1.29 is 14.3 Å². The molecule has 1 fully saturated rings. The monoisotopic (exact) mass is 329 g/mol. The Morgan fingerprint density at radius 2 is 1.96 bits per heavy atom. The lowest BCUT2D eigenvalue weighted by atomic mass is 10.1. The molecule has 8 nitrogen and oxygen atoms in total. The molecule has 0 atom stereocenters. The summed E-state index contributed by atoms with van der Waals surface area (Å²) >= 11 is 0. The fourth-order valence-electron chi connectivity index (χ4n) is 3.01.